The fraction of sp³-hybridized carbons (Fsp3) is 0.583. The molecule has 0 saturated heterocycles. The zero-order valence-electron chi connectivity index (χ0n) is 11.1. The molecule has 0 bridgehead atoms. The van der Waals surface area contributed by atoms with Crippen LogP contribution in [0.25, 0.3) is 0 Å². The van der Waals surface area contributed by atoms with E-state index in [2.05, 4.69) is 9.97 Å². The van der Waals surface area contributed by atoms with E-state index < -0.39 is 0 Å². The lowest BCUT2D eigenvalue weighted by atomic mass is 10.3. The van der Waals surface area contributed by atoms with Gasteiger partial charge in [-0.05, 0) is 33.3 Å². The summed E-state index contributed by atoms with van der Waals surface area (Å²) in [6.45, 7) is 6.73. The minimum Gasteiger partial charge on any atom is -0.396 e. The molecule has 1 heterocycles. The first-order valence-electron chi connectivity index (χ1n) is 6.03. The second kappa shape index (κ2) is 6.30. The molecule has 6 nitrogen and oxygen atoms in total. The molecule has 0 aliphatic heterocycles. The van der Waals surface area contributed by atoms with E-state index in [-0.39, 0.29) is 18.5 Å². The highest BCUT2D eigenvalue weighted by molar-refractivity contribution is 5.93. The molecule has 0 saturated carbocycles. The number of nitrogens with two attached hydrogens (primary N) is 1. The minimum absolute atomic E-state index is 0.0624. The third kappa shape index (κ3) is 3.66. The minimum atomic E-state index is -0.0624. The number of rotatable bonds is 6. The van der Waals surface area contributed by atoms with Crippen molar-refractivity contribution >= 4 is 11.8 Å². The van der Waals surface area contributed by atoms with Crippen LogP contribution < -0.4 is 10.6 Å². The average Bonchev–Trinajstić information content (AvgIpc) is 2.28. The summed E-state index contributed by atoms with van der Waals surface area (Å²) in [4.78, 5) is 10.7. The van der Waals surface area contributed by atoms with E-state index in [4.69, 9.17) is 16.2 Å². The molecule has 4 N–H and O–H groups in total. The molecule has 1 rings (SSSR count). The molecule has 1 aromatic rings. The monoisotopic (exact) mass is 251 g/mol. The van der Waals surface area contributed by atoms with Gasteiger partial charge in [-0.1, -0.05) is 0 Å². The Balaban J connectivity index is 3.07. The normalized spacial score (nSPS) is 10.7. The molecule has 6 heteroatoms. The molecule has 0 unspecified atom stereocenters. The molecule has 0 amide bonds. The van der Waals surface area contributed by atoms with Crippen LogP contribution >= 0.6 is 0 Å². The van der Waals surface area contributed by atoms with Crippen LogP contribution in [-0.2, 0) is 0 Å². The number of nitrogens with one attached hydrogen (secondary N) is 1. The molecule has 0 aliphatic rings. The first kappa shape index (κ1) is 14.4. The Morgan fingerprint density at radius 2 is 2.17 bits per heavy atom. The van der Waals surface area contributed by atoms with Gasteiger partial charge in [-0.2, -0.15) is 0 Å². The van der Waals surface area contributed by atoms with Gasteiger partial charge in [-0.15, -0.1) is 0 Å². The van der Waals surface area contributed by atoms with Gasteiger partial charge in [0.05, 0.1) is 0 Å². The summed E-state index contributed by atoms with van der Waals surface area (Å²) in [5.74, 6) is 0.497. The first-order chi connectivity index (χ1) is 8.45. The topological polar surface area (TPSA) is 99.1 Å². The maximum Gasteiger partial charge on any atom is 0.226 e. The van der Waals surface area contributed by atoms with E-state index >= 15 is 0 Å². The molecule has 0 radical (unpaired) electrons. The third-order valence-corrected chi connectivity index (χ3v) is 2.56. The Morgan fingerprint density at radius 3 is 2.67 bits per heavy atom. The van der Waals surface area contributed by atoms with Crippen molar-refractivity contribution in [3.63, 3.8) is 0 Å². The Morgan fingerprint density at radius 1 is 1.50 bits per heavy atom. The van der Waals surface area contributed by atoms with Crippen LogP contribution in [0.2, 0.25) is 0 Å². The number of amidine groups is 1. The van der Waals surface area contributed by atoms with Crippen molar-refractivity contribution in [1.82, 2.24) is 9.97 Å². The number of nitrogens with zero attached hydrogens (tertiary/aromatic N) is 3. The lowest BCUT2D eigenvalue weighted by Crippen LogP contribution is -2.34. The SMILES string of the molecule is Cc1cc(C(=N)N)nc(N(CCCO)C(C)C)n1. The van der Waals surface area contributed by atoms with Crippen LogP contribution in [0.5, 0.6) is 0 Å². The van der Waals surface area contributed by atoms with Gasteiger partial charge >= 0.3 is 0 Å². The maximum atomic E-state index is 8.92. The predicted molar refractivity (Wildman–Crippen MR) is 72.0 cm³/mol. The fourth-order valence-corrected chi connectivity index (χ4v) is 1.65. The van der Waals surface area contributed by atoms with Crippen molar-refractivity contribution in [2.45, 2.75) is 33.2 Å². The van der Waals surface area contributed by atoms with Crippen molar-refractivity contribution < 1.29 is 5.11 Å². The lowest BCUT2D eigenvalue weighted by molar-refractivity contribution is 0.288. The largest absolute Gasteiger partial charge is 0.396 e. The van der Waals surface area contributed by atoms with E-state index in [1.807, 2.05) is 25.7 Å². The molecule has 0 atom stereocenters. The number of aliphatic hydroxyl groups excluding tert-OH is 1. The van der Waals surface area contributed by atoms with Crippen molar-refractivity contribution in [3.8, 4) is 0 Å². The van der Waals surface area contributed by atoms with Crippen LogP contribution in [0.1, 0.15) is 31.7 Å². The molecule has 18 heavy (non-hydrogen) atoms. The van der Waals surface area contributed by atoms with E-state index in [1.54, 1.807) is 6.07 Å². The lowest BCUT2D eigenvalue weighted by Gasteiger charge is -2.27. The molecule has 1 aromatic heterocycles. The Bertz CT molecular complexity index is 419. The molecule has 0 spiro atoms. The number of nitrogen functional groups attached to an aromatic ring is 1. The molecular formula is C12H21N5O. The summed E-state index contributed by atoms with van der Waals surface area (Å²) >= 11 is 0. The van der Waals surface area contributed by atoms with Gasteiger partial charge in [-0.25, -0.2) is 9.97 Å². The quantitative estimate of drug-likeness (QED) is 0.509. The van der Waals surface area contributed by atoms with E-state index in [0.29, 0.717) is 24.6 Å². The number of hydrogen-bond acceptors (Lipinski definition) is 5. The third-order valence-electron chi connectivity index (χ3n) is 2.56. The highest BCUT2D eigenvalue weighted by Gasteiger charge is 2.15. The maximum absolute atomic E-state index is 8.92. The smallest absolute Gasteiger partial charge is 0.226 e. The Hall–Kier alpha value is -1.69. The van der Waals surface area contributed by atoms with Crippen LogP contribution in [0.4, 0.5) is 5.95 Å². The van der Waals surface area contributed by atoms with Crippen molar-refractivity contribution in [2.24, 2.45) is 5.73 Å². The van der Waals surface area contributed by atoms with Crippen molar-refractivity contribution in [3.05, 3.63) is 17.5 Å². The van der Waals surface area contributed by atoms with Crippen molar-refractivity contribution in [1.29, 1.82) is 5.41 Å². The standard InChI is InChI=1S/C12H21N5O/c1-8(2)17(5-4-6-18)12-15-9(3)7-10(16-12)11(13)14/h7-8,18H,4-6H2,1-3H3,(H3,13,14). The summed E-state index contributed by atoms with van der Waals surface area (Å²) in [6.07, 6.45) is 0.658. The van der Waals surface area contributed by atoms with Crippen molar-refractivity contribution in [2.75, 3.05) is 18.1 Å². The number of anilines is 1. The zero-order valence-corrected chi connectivity index (χ0v) is 11.1. The van der Waals surface area contributed by atoms with Crippen LogP contribution in [0.15, 0.2) is 6.07 Å². The molecule has 0 aliphatic carbocycles. The first-order valence-corrected chi connectivity index (χ1v) is 6.03. The predicted octanol–water partition coefficient (Wildman–Crippen LogP) is 0.666. The fourth-order valence-electron chi connectivity index (χ4n) is 1.65. The van der Waals surface area contributed by atoms with Gasteiger partial charge in [0.1, 0.15) is 11.5 Å². The van der Waals surface area contributed by atoms with Gasteiger partial charge in [-0.3, -0.25) is 5.41 Å². The van der Waals surface area contributed by atoms with Gasteiger partial charge in [0.25, 0.3) is 0 Å². The van der Waals surface area contributed by atoms with Gasteiger partial charge in [0, 0.05) is 24.9 Å². The second-order valence-electron chi connectivity index (χ2n) is 4.47. The average molecular weight is 251 g/mol. The van der Waals surface area contributed by atoms with E-state index in [1.165, 1.54) is 0 Å². The summed E-state index contributed by atoms with van der Waals surface area (Å²) in [7, 11) is 0. The molecule has 0 aromatic carbocycles. The van der Waals surface area contributed by atoms with Gasteiger partial charge < -0.3 is 15.7 Å². The van der Waals surface area contributed by atoms with Gasteiger partial charge in [0.2, 0.25) is 5.95 Å². The Kier molecular flexibility index (Phi) is 5.03. The second-order valence-corrected chi connectivity index (χ2v) is 4.47. The number of aromatic nitrogens is 2. The van der Waals surface area contributed by atoms with Crippen LogP contribution in [-0.4, -0.2) is 40.1 Å². The summed E-state index contributed by atoms with van der Waals surface area (Å²) in [6, 6.07) is 1.91. The number of aliphatic hydroxyl groups is 1. The van der Waals surface area contributed by atoms with E-state index in [0.717, 1.165) is 5.69 Å². The molecule has 0 fully saturated rings. The van der Waals surface area contributed by atoms with Crippen LogP contribution in [0.3, 0.4) is 0 Å². The Labute approximate surface area is 107 Å². The highest BCUT2D eigenvalue weighted by Crippen LogP contribution is 2.13. The zero-order chi connectivity index (χ0) is 13.7. The number of hydrogen-bond donors (Lipinski definition) is 3. The van der Waals surface area contributed by atoms with Gasteiger partial charge in [0.15, 0.2) is 0 Å². The molecule has 100 valence electrons. The van der Waals surface area contributed by atoms with E-state index in [9.17, 15) is 0 Å². The summed E-state index contributed by atoms with van der Waals surface area (Å²) < 4.78 is 0. The number of aryl methyl sites for hydroxylation is 1. The highest BCUT2D eigenvalue weighted by atomic mass is 16.3. The van der Waals surface area contributed by atoms with Crippen LogP contribution in [0, 0.1) is 12.3 Å². The summed E-state index contributed by atoms with van der Waals surface area (Å²) in [5.41, 5.74) is 6.68. The summed E-state index contributed by atoms with van der Waals surface area (Å²) in [5, 5.41) is 16.4. The molecular weight excluding hydrogens is 230 g/mol.